The Bertz CT molecular complexity index is 1160. The first-order valence-corrected chi connectivity index (χ1v) is 12.6. The summed E-state index contributed by atoms with van der Waals surface area (Å²) in [5.41, 5.74) is 1.52. The topological polar surface area (TPSA) is 97.2 Å². The highest BCUT2D eigenvalue weighted by atomic mass is 32.2. The number of hydrogen-bond donors (Lipinski definition) is 1. The average Bonchev–Trinajstić information content (AvgIpc) is 3.44. The Morgan fingerprint density at radius 1 is 1.16 bits per heavy atom. The lowest BCUT2D eigenvalue weighted by atomic mass is 10.2. The van der Waals surface area contributed by atoms with Gasteiger partial charge in [-0.1, -0.05) is 18.6 Å². The molecule has 164 valence electrons. The molecule has 0 saturated carbocycles. The maximum absolute atomic E-state index is 12.8. The number of hydrogen-bond acceptors (Lipinski definition) is 6. The molecule has 0 radical (unpaired) electrons. The highest BCUT2D eigenvalue weighted by molar-refractivity contribution is 7.91. The lowest BCUT2D eigenvalue weighted by Gasteiger charge is -2.25. The van der Waals surface area contributed by atoms with Crippen LogP contribution in [0.1, 0.15) is 31.1 Å². The molecular weight excluding hydrogens is 434 g/mol. The molecule has 1 aliphatic rings. The summed E-state index contributed by atoms with van der Waals surface area (Å²) in [5, 5.41) is 11.0. The normalized spacial score (nSPS) is 15.1. The number of anilines is 1. The smallest absolute Gasteiger partial charge is 0.252 e. The van der Waals surface area contributed by atoms with E-state index in [2.05, 4.69) is 15.5 Å². The zero-order valence-electron chi connectivity index (χ0n) is 17.3. The number of benzene rings is 1. The van der Waals surface area contributed by atoms with Crippen molar-refractivity contribution < 1.29 is 13.2 Å². The van der Waals surface area contributed by atoms with Crippen molar-refractivity contribution in [3.63, 3.8) is 0 Å². The Kier molecular flexibility index (Phi) is 6.49. The number of rotatable bonds is 7. The SMILES string of the molecule is CCn1cnnc1-c1cccc(NC(=O)Cc2ccc(S(=O)(=O)N3CCCCC3)s2)c1. The molecule has 2 aromatic heterocycles. The van der Waals surface area contributed by atoms with E-state index in [1.54, 1.807) is 22.8 Å². The van der Waals surface area contributed by atoms with Crippen molar-refractivity contribution >= 4 is 33.0 Å². The maximum atomic E-state index is 12.8. The first-order valence-electron chi connectivity index (χ1n) is 10.3. The number of carbonyl (C=O) groups is 1. The largest absolute Gasteiger partial charge is 0.326 e. The van der Waals surface area contributed by atoms with Crippen molar-refractivity contribution in [2.24, 2.45) is 0 Å². The third kappa shape index (κ3) is 4.86. The van der Waals surface area contributed by atoms with Gasteiger partial charge in [0.2, 0.25) is 5.91 Å². The fourth-order valence-corrected chi connectivity index (χ4v) is 6.66. The Hall–Kier alpha value is -2.56. The Labute approximate surface area is 186 Å². The summed E-state index contributed by atoms with van der Waals surface area (Å²) >= 11 is 1.17. The van der Waals surface area contributed by atoms with Crippen LogP contribution < -0.4 is 5.32 Å². The van der Waals surface area contributed by atoms with Crippen molar-refractivity contribution in [1.29, 1.82) is 0 Å². The zero-order valence-corrected chi connectivity index (χ0v) is 19.0. The Morgan fingerprint density at radius 3 is 2.74 bits per heavy atom. The third-order valence-electron chi connectivity index (χ3n) is 5.24. The molecule has 1 saturated heterocycles. The van der Waals surface area contributed by atoms with Crippen LogP contribution in [0.3, 0.4) is 0 Å². The molecule has 1 aliphatic heterocycles. The summed E-state index contributed by atoms with van der Waals surface area (Å²) in [4.78, 5) is 13.3. The van der Waals surface area contributed by atoms with E-state index in [1.165, 1.54) is 11.3 Å². The van der Waals surface area contributed by atoms with Crippen molar-refractivity contribution in [3.8, 4) is 11.4 Å². The molecular formula is C21H25N5O3S2. The van der Waals surface area contributed by atoms with E-state index in [4.69, 9.17) is 0 Å². The second kappa shape index (κ2) is 9.29. The van der Waals surface area contributed by atoms with Crippen LogP contribution >= 0.6 is 11.3 Å². The molecule has 3 aromatic rings. The number of amides is 1. The summed E-state index contributed by atoms with van der Waals surface area (Å²) < 4.78 is 29.4. The highest BCUT2D eigenvalue weighted by Gasteiger charge is 2.27. The van der Waals surface area contributed by atoms with Crippen molar-refractivity contribution in [3.05, 3.63) is 47.6 Å². The lowest BCUT2D eigenvalue weighted by Crippen LogP contribution is -2.35. The second-order valence-electron chi connectivity index (χ2n) is 7.43. The van der Waals surface area contributed by atoms with Gasteiger partial charge in [0.05, 0.1) is 6.42 Å². The number of carbonyl (C=O) groups excluding carboxylic acids is 1. The van der Waals surface area contributed by atoms with Crippen LogP contribution in [0.4, 0.5) is 5.69 Å². The molecule has 10 heteroatoms. The number of nitrogens with zero attached hydrogens (tertiary/aromatic N) is 4. The molecule has 4 rings (SSSR count). The number of thiophene rings is 1. The molecule has 1 fully saturated rings. The molecule has 0 aliphatic carbocycles. The highest BCUT2D eigenvalue weighted by Crippen LogP contribution is 2.28. The Morgan fingerprint density at radius 2 is 1.97 bits per heavy atom. The Balaban J connectivity index is 1.42. The van der Waals surface area contributed by atoms with Crippen molar-refractivity contribution in [2.45, 2.75) is 43.4 Å². The summed E-state index contributed by atoms with van der Waals surface area (Å²) in [5.74, 6) is 0.544. The van der Waals surface area contributed by atoms with E-state index in [9.17, 15) is 13.2 Å². The average molecular weight is 460 g/mol. The molecule has 0 unspecified atom stereocenters. The van der Waals surface area contributed by atoms with Gasteiger partial charge in [-0.15, -0.1) is 21.5 Å². The van der Waals surface area contributed by atoms with E-state index >= 15 is 0 Å². The van der Waals surface area contributed by atoms with Gasteiger partial charge in [-0.3, -0.25) is 4.79 Å². The predicted octanol–water partition coefficient (Wildman–Crippen LogP) is 3.38. The third-order valence-corrected chi connectivity index (χ3v) is 8.69. The van der Waals surface area contributed by atoms with Crippen LogP contribution in [0.2, 0.25) is 0 Å². The van der Waals surface area contributed by atoms with Gasteiger partial charge in [-0.05, 0) is 44.0 Å². The monoisotopic (exact) mass is 459 g/mol. The van der Waals surface area contributed by atoms with Gasteiger partial charge < -0.3 is 9.88 Å². The standard InChI is InChI=1S/C21H25N5O3S2/c1-2-25-15-22-24-21(25)16-7-6-8-17(13-16)23-19(27)14-18-9-10-20(30-18)31(28,29)26-11-4-3-5-12-26/h6-10,13,15H,2-5,11-12,14H2,1H3,(H,23,27). The lowest BCUT2D eigenvalue weighted by molar-refractivity contribution is -0.115. The molecule has 0 bridgehead atoms. The van der Waals surface area contributed by atoms with E-state index in [-0.39, 0.29) is 12.3 Å². The molecule has 8 nitrogen and oxygen atoms in total. The van der Waals surface area contributed by atoms with Gasteiger partial charge in [0.25, 0.3) is 10.0 Å². The van der Waals surface area contributed by atoms with Crippen LogP contribution in [-0.2, 0) is 27.8 Å². The molecule has 1 amide bonds. The van der Waals surface area contributed by atoms with E-state index < -0.39 is 10.0 Å². The molecule has 1 aromatic carbocycles. The zero-order chi connectivity index (χ0) is 21.8. The molecule has 0 spiro atoms. The number of sulfonamides is 1. The summed E-state index contributed by atoms with van der Waals surface area (Å²) in [6.07, 6.45) is 4.66. The summed E-state index contributed by atoms with van der Waals surface area (Å²) in [6, 6.07) is 10.8. The predicted molar refractivity (Wildman–Crippen MR) is 120 cm³/mol. The summed E-state index contributed by atoms with van der Waals surface area (Å²) in [7, 11) is -3.47. The number of piperidine rings is 1. The van der Waals surface area contributed by atoms with Crippen LogP contribution in [-0.4, -0.2) is 46.5 Å². The number of aryl methyl sites for hydroxylation is 1. The minimum atomic E-state index is -3.47. The van der Waals surface area contributed by atoms with Gasteiger partial charge >= 0.3 is 0 Å². The fraction of sp³-hybridized carbons (Fsp3) is 0.381. The molecule has 3 heterocycles. The van der Waals surface area contributed by atoms with E-state index in [0.717, 1.165) is 42.1 Å². The molecule has 0 atom stereocenters. The first kappa shape index (κ1) is 21.7. The van der Waals surface area contributed by atoms with Crippen molar-refractivity contribution in [2.75, 3.05) is 18.4 Å². The van der Waals surface area contributed by atoms with Crippen LogP contribution in [0.25, 0.3) is 11.4 Å². The van der Waals surface area contributed by atoms with Crippen LogP contribution in [0.15, 0.2) is 46.9 Å². The second-order valence-corrected chi connectivity index (χ2v) is 10.8. The van der Waals surface area contributed by atoms with E-state index in [1.807, 2.05) is 35.8 Å². The van der Waals surface area contributed by atoms with Crippen molar-refractivity contribution in [1.82, 2.24) is 19.1 Å². The quantitative estimate of drug-likeness (QED) is 0.584. The van der Waals surface area contributed by atoms with Crippen LogP contribution in [0.5, 0.6) is 0 Å². The van der Waals surface area contributed by atoms with Gasteiger partial charge in [0.15, 0.2) is 5.82 Å². The fourth-order valence-electron chi connectivity index (χ4n) is 3.63. The van der Waals surface area contributed by atoms with Crippen LogP contribution in [0, 0.1) is 0 Å². The molecule has 31 heavy (non-hydrogen) atoms. The van der Waals surface area contributed by atoms with Gasteiger partial charge in [0.1, 0.15) is 10.5 Å². The van der Waals surface area contributed by atoms with Gasteiger partial charge in [-0.2, -0.15) is 4.31 Å². The number of aromatic nitrogens is 3. The van der Waals surface area contributed by atoms with Gasteiger partial charge in [0, 0.05) is 35.8 Å². The first-order chi connectivity index (χ1) is 15.0. The minimum absolute atomic E-state index is 0.121. The number of nitrogens with one attached hydrogen (secondary N) is 1. The minimum Gasteiger partial charge on any atom is -0.326 e. The van der Waals surface area contributed by atoms with Gasteiger partial charge in [-0.25, -0.2) is 8.42 Å². The maximum Gasteiger partial charge on any atom is 0.252 e. The molecule has 1 N–H and O–H groups in total. The van der Waals surface area contributed by atoms with E-state index in [0.29, 0.717) is 23.0 Å². The summed E-state index contributed by atoms with van der Waals surface area (Å²) in [6.45, 7) is 3.90.